The topological polar surface area (TPSA) is 23.6 Å². The van der Waals surface area contributed by atoms with Crippen molar-refractivity contribution in [3.05, 3.63) is 0 Å². The molecular formula is C14H26N2O. The highest BCUT2D eigenvalue weighted by atomic mass is 16.1. The van der Waals surface area contributed by atoms with E-state index in [1.807, 2.05) is 0 Å². The number of nitrogens with zero attached hydrogens (tertiary/aromatic N) is 2. The summed E-state index contributed by atoms with van der Waals surface area (Å²) < 4.78 is 0. The van der Waals surface area contributed by atoms with Gasteiger partial charge in [0.05, 0.1) is 6.04 Å². The normalized spacial score (nSPS) is 27.6. The molecule has 0 spiro atoms. The predicted octanol–water partition coefficient (Wildman–Crippen LogP) is 1.91. The molecule has 0 radical (unpaired) electrons. The summed E-state index contributed by atoms with van der Waals surface area (Å²) in [6.45, 7) is 6.82. The summed E-state index contributed by atoms with van der Waals surface area (Å²) in [6, 6.07) is 0.513. The molecule has 0 unspecified atom stereocenters. The fraction of sp³-hybridized carbons (Fsp3) is 0.929. The average molecular weight is 238 g/mol. The minimum Gasteiger partial charge on any atom is -0.302 e. The Bertz CT molecular complexity index is 232. The SMILES string of the molecule is C[C@@H]([C@H](C=O)N1CCCCC1)N1CCCCC1. The third kappa shape index (κ3) is 3.29. The minimum atomic E-state index is 0.119. The lowest BCUT2D eigenvalue weighted by Crippen LogP contribution is -2.53. The molecule has 0 aliphatic carbocycles. The van der Waals surface area contributed by atoms with Crippen LogP contribution < -0.4 is 0 Å². The highest BCUT2D eigenvalue weighted by molar-refractivity contribution is 5.59. The van der Waals surface area contributed by atoms with Crippen molar-refractivity contribution in [3.8, 4) is 0 Å². The lowest BCUT2D eigenvalue weighted by molar-refractivity contribution is -0.115. The molecule has 98 valence electrons. The summed E-state index contributed by atoms with van der Waals surface area (Å²) in [5.41, 5.74) is 0. The minimum absolute atomic E-state index is 0.119. The van der Waals surface area contributed by atoms with Gasteiger partial charge in [0.25, 0.3) is 0 Å². The molecule has 2 heterocycles. The van der Waals surface area contributed by atoms with Gasteiger partial charge in [0.15, 0.2) is 0 Å². The molecule has 0 aromatic heterocycles. The van der Waals surface area contributed by atoms with Gasteiger partial charge in [-0.3, -0.25) is 9.80 Å². The predicted molar refractivity (Wildman–Crippen MR) is 70.2 cm³/mol. The number of hydrogen-bond acceptors (Lipinski definition) is 3. The molecule has 2 fully saturated rings. The van der Waals surface area contributed by atoms with E-state index in [0.29, 0.717) is 6.04 Å². The molecule has 0 aromatic rings. The van der Waals surface area contributed by atoms with Crippen molar-refractivity contribution in [2.45, 2.75) is 57.5 Å². The summed E-state index contributed by atoms with van der Waals surface area (Å²) in [5.74, 6) is 0. The van der Waals surface area contributed by atoms with E-state index in [-0.39, 0.29) is 6.04 Å². The fourth-order valence-corrected chi connectivity index (χ4v) is 3.26. The van der Waals surface area contributed by atoms with E-state index in [1.54, 1.807) is 0 Å². The van der Waals surface area contributed by atoms with Gasteiger partial charge in [0.1, 0.15) is 6.29 Å². The second kappa shape index (κ2) is 6.50. The Balaban J connectivity index is 1.93. The number of carbonyl (C=O) groups is 1. The Morgan fingerprint density at radius 2 is 1.29 bits per heavy atom. The van der Waals surface area contributed by atoms with E-state index in [0.717, 1.165) is 13.1 Å². The zero-order chi connectivity index (χ0) is 12.1. The summed E-state index contributed by atoms with van der Waals surface area (Å²) in [5, 5.41) is 0. The van der Waals surface area contributed by atoms with Gasteiger partial charge < -0.3 is 4.79 Å². The van der Waals surface area contributed by atoms with Gasteiger partial charge in [-0.1, -0.05) is 12.8 Å². The molecule has 0 aromatic carbocycles. The number of rotatable bonds is 4. The molecule has 3 heteroatoms. The van der Waals surface area contributed by atoms with Crippen LogP contribution in [0.15, 0.2) is 0 Å². The van der Waals surface area contributed by atoms with Crippen molar-refractivity contribution in [1.82, 2.24) is 9.80 Å². The van der Waals surface area contributed by atoms with Crippen LogP contribution in [-0.2, 0) is 4.79 Å². The monoisotopic (exact) mass is 238 g/mol. The van der Waals surface area contributed by atoms with E-state index < -0.39 is 0 Å². The summed E-state index contributed by atoms with van der Waals surface area (Å²) in [6.07, 6.45) is 9.00. The third-order valence-electron chi connectivity index (χ3n) is 4.41. The number of piperidine rings is 2. The van der Waals surface area contributed by atoms with Gasteiger partial charge in [0, 0.05) is 6.04 Å². The zero-order valence-corrected chi connectivity index (χ0v) is 11.1. The van der Waals surface area contributed by atoms with Crippen LogP contribution in [0.25, 0.3) is 0 Å². The molecule has 2 saturated heterocycles. The number of carbonyl (C=O) groups excluding carboxylic acids is 1. The fourth-order valence-electron chi connectivity index (χ4n) is 3.26. The van der Waals surface area contributed by atoms with Crippen molar-refractivity contribution in [2.75, 3.05) is 26.2 Å². The molecule has 2 aliphatic heterocycles. The van der Waals surface area contributed by atoms with Crippen molar-refractivity contribution < 1.29 is 4.79 Å². The molecule has 0 N–H and O–H groups in total. The van der Waals surface area contributed by atoms with Gasteiger partial charge in [-0.25, -0.2) is 0 Å². The van der Waals surface area contributed by atoms with E-state index >= 15 is 0 Å². The van der Waals surface area contributed by atoms with E-state index in [2.05, 4.69) is 16.7 Å². The molecular weight excluding hydrogens is 212 g/mol. The van der Waals surface area contributed by atoms with Crippen LogP contribution >= 0.6 is 0 Å². The largest absolute Gasteiger partial charge is 0.302 e. The molecule has 0 bridgehead atoms. The maximum absolute atomic E-state index is 11.4. The Labute approximate surface area is 105 Å². The van der Waals surface area contributed by atoms with Crippen LogP contribution in [0.2, 0.25) is 0 Å². The Morgan fingerprint density at radius 1 is 0.824 bits per heavy atom. The Hall–Kier alpha value is -0.410. The summed E-state index contributed by atoms with van der Waals surface area (Å²) in [4.78, 5) is 16.3. The first-order valence-corrected chi connectivity index (χ1v) is 7.26. The first-order valence-electron chi connectivity index (χ1n) is 7.26. The zero-order valence-electron chi connectivity index (χ0n) is 11.1. The Morgan fingerprint density at radius 3 is 1.76 bits per heavy atom. The molecule has 17 heavy (non-hydrogen) atoms. The molecule has 0 amide bonds. The van der Waals surface area contributed by atoms with E-state index in [4.69, 9.17) is 0 Å². The smallest absolute Gasteiger partial charge is 0.138 e. The van der Waals surface area contributed by atoms with Crippen LogP contribution in [-0.4, -0.2) is 54.3 Å². The molecule has 3 nitrogen and oxygen atoms in total. The van der Waals surface area contributed by atoms with Crippen LogP contribution in [0.3, 0.4) is 0 Å². The highest BCUT2D eigenvalue weighted by Crippen LogP contribution is 2.19. The van der Waals surface area contributed by atoms with E-state index in [1.165, 1.54) is 57.9 Å². The summed E-state index contributed by atoms with van der Waals surface area (Å²) in [7, 11) is 0. The second-order valence-corrected chi connectivity index (χ2v) is 5.56. The van der Waals surface area contributed by atoms with Crippen LogP contribution in [0, 0.1) is 0 Å². The molecule has 2 atom stereocenters. The molecule has 0 saturated carbocycles. The van der Waals surface area contributed by atoms with Gasteiger partial charge >= 0.3 is 0 Å². The van der Waals surface area contributed by atoms with Crippen LogP contribution in [0.1, 0.15) is 45.4 Å². The van der Waals surface area contributed by atoms with E-state index in [9.17, 15) is 4.79 Å². The second-order valence-electron chi connectivity index (χ2n) is 5.56. The van der Waals surface area contributed by atoms with Crippen molar-refractivity contribution >= 4 is 6.29 Å². The standard InChI is InChI=1S/C14H26N2O/c1-13(15-8-4-2-5-9-15)14(12-17)16-10-6-3-7-11-16/h12-14H,2-11H2,1H3/t13-,14-/m0/s1. The average Bonchev–Trinajstić information content (AvgIpc) is 2.42. The van der Waals surface area contributed by atoms with Gasteiger partial charge in [-0.2, -0.15) is 0 Å². The first-order chi connectivity index (χ1) is 8.33. The van der Waals surface area contributed by atoms with Gasteiger partial charge in [0.2, 0.25) is 0 Å². The quantitative estimate of drug-likeness (QED) is 0.699. The third-order valence-corrected chi connectivity index (χ3v) is 4.41. The molecule has 2 aliphatic rings. The molecule has 2 rings (SSSR count). The van der Waals surface area contributed by atoms with Gasteiger partial charge in [-0.15, -0.1) is 0 Å². The van der Waals surface area contributed by atoms with Gasteiger partial charge in [-0.05, 0) is 58.8 Å². The van der Waals surface area contributed by atoms with Crippen molar-refractivity contribution in [1.29, 1.82) is 0 Å². The first kappa shape index (κ1) is 13.0. The number of likely N-dealkylation sites (tertiary alicyclic amines) is 2. The number of aldehydes is 1. The Kier molecular flexibility index (Phi) is 4.99. The number of hydrogen-bond donors (Lipinski definition) is 0. The maximum Gasteiger partial charge on any atom is 0.138 e. The van der Waals surface area contributed by atoms with Crippen molar-refractivity contribution in [2.24, 2.45) is 0 Å². The lowest BCUT2D eigenvalue weighted by atomic mass is 10.0. The van der Waals surface area contributed by atoms with Crippen molar-refractivity contribution in [3.63, 3.8) is 0 Å². The summed E-state index contributed by atoms with van der Waals surface area (Å²) >= 11 is 0. The lowest BCUT2D eigenvalue weighted by Gasteiger charge is -2.41. The maximum atomic E-state index is 11.4. The highest BCUT2D eigenvalue weighted by Gasteiger charge is 2.29. The van der Waals surface area contributed by atoms with Crippen LogP contribution in [0.4, 0.5) is 0 Å². The van der Waals surface area contributed by atoms with Crippen LogP contribution in [0.5, 0.6) is 0 Å².